The lowest BCUT2D eigenvalue weighted by Crippen LogP contribution is -2.22. The molecular formula is C68H69ClN22O9S3. The molecular weight excluding hydrogens is 1400 g/mol. The molecule has 8 aromatic heterocycles. The summed E-state index contributed by atoms with van der Waals surface area (Å²) in [4.78, 5) is 128. The Hall–Kier alpha value is -12.1. The third-order valence-electron chi connectivity index (χ3n) is 15.1. The first-order valence-corrected chi connectivity index (χ1v) is 34.3. The Kier molecular flexibility index (Phi) is 21.3. The highest BCUT2D eigenvalue weighted by molar-refractivity contribution is 7.03. The van der Waals surface area contributed by atoms with Crippen molar-refractivity contribution in [2.24, 2.45) is 0 Å². The lowest BCUT2D eigenvalue weighted by Gasteiger charge is -2.14. The molecule has 0 bridgehead atoms. The Balaban J connectivity index is 0.000000155. The maximum atomic E-state index is 12.8. The third kappa shape index (κ3) is 18.6. The second-order valence-corrected chi connectivity index (χ2v) is 29.6. The van der Waals surface area contributed by atoms with Crippen LogP contribution >= 0.6 is 46.2 Å². The largest absolute Gasteiger partial charge is 0.338 e. The number of aromatic amines is 4. The number of imidazole rings is 1. The highest BCUT2D eigenvalue weighted by Crippen LogP contribution is 2.31. The first kappa shape index (κ1) is 72.1. The van der Waals surface area contributed by atoms with Crippen molar-refractivity contribution < 1.29 is 14.4 Å². The van der Waals surface area contributed by atoms with Gasteiger partial charge in [-0.15, -0.1) is 0 Å². The van der Waals surface area contributed by atoms with Crippen LogP contribution in [-0.4, -0.2) is 94.2 Å². The summed E-state index contributed by atoms with van der Waals surface area (Å²) in [6, 6.07) is 42.2. The standard InChI is InChI=1S/C24H24N8O3S.C23H23ClN6O3S.C21H22N8O3S/c1-24(2,3)18-12-19(27-21(33)28-20-25-16-6-4-5-7-17(16)26-20)32(30-18)15-10-8-14(9-11-15)13-31-22(34)29-23(35)36-31;1-23(2,3)18-12-19(26-20(31)25-16-8-6-15(24)7-9-16)30(28-18)17-10-4-14(5-11-17)13-29-21(32)27-22(33)34-29;1-21(2,3)15-10-17(25-18(30)24-16-8-9-22-12-23-16)29(27-15)14-6-4-13(5-7-14)11-28-19(31)26-20(32)33-28/h4-12H,13H2,1-3H3,(H,29,34,35)(H3,25,26,27,28,33);4-12H,13H2,1-3H3,(H2,25,26,31)(H,27,32,33);4-10,12H,11H2,1-3H3,(H,26,31,32)(H2,22,23,24,25,30). The fraction of sp³-hybridized carbons (Fsp3) is 0.221. The van der Waals surface area contributed by atoms with Gasteiger partial charge in [-0.25, -0.2) is 69.6 Å². The summed E-state index contributed by atoms with van der Waals surface area (Å²) in [5.41, 5.74) is 7.28. The van der Waals surface area contributed by atoms with Gasteiger partial charge in [0.05, 0.1) is 64.8 Å². The van der Waals surface area contributed by atoms with Gasteiger partial charge in [0, 0.05) is 85.9 Å². The second kappa shape index (κ2) is 30.4. The molecule has 0 unspecified atom stereocenters. The predicted octanol–water partition coefficient (Wildman–Crippen LogP) is 10.6. The van der Waals surface area contributed by atoms with E-state index in [1.54, 1.807) is 44.4 Å². The highest BCUT2D eigenvalue weighted by atomic mass is 35.5. The number of carbonyl (C=O) groups is 3. The van der Waals surface area contributed by atoms with E-state index in [4.69, 9.17) is 26.9 Å². The summed E-state index contributed by atoms with van der Waals surface area (Å²) < 4.78 is 9.03. The molecule has 8 heterocycles. The molecule has 0 radical (unpaired) electrons. The molecule has 6 amide bonds. The van der Waals surface area contributed by atoms with Crippen LogP contribution in [0.5, 0.6) is 0 Å². The van der Waals surface area contributed by atoms with E-state index in [1.807, 2.05) is 178 Å². The third-order valence-corrected chi connectivity index (χ3v) is 17.7. The quantitative estimate of drug-likeness (QED) is 0.0456. The van der Waals surface area contributed by atoms with Gasteiger partial charge in [0.15, 0.2) is 0 Å². The van der Waals surface area contributed by atoms with Crippen molar-refractivity contribution in [3.63, 3.8) is 0 Å². The average Bonchev–Trinajstić information content (AvgIpc) is 1.68. The minimum absolute atomic E-state index is 0.235. The number of anilines is 6. The van der Waals surface area contributed by atoms with E-state index in [1.165, 1.54) is 24.4 Å². The molecule has 13 rings (SSSR count). The number of hydrogen-bond acceptors (Lipinski definition) is 18. The smallest absolute Gasteiger partial charge is 0.324 e. The number of hydrogen-bond donors (Lipinski definition) is 10. The first-order valence-electron chi connectivity index (χ1n) is 31.6. The van der Waals surface area contributed by atoms with Gasteiger partial charge in [-0.2, -0.15) is 15.3 Å². The van der Waals surface area contributed by atoms with Gasteiger partial charge in [0.1, 0.15) is 29.6 Å². The molecule has 103 heavy (non-hydrogen) atoms. The van der Waals surface area contributed by atoms with Crippen molar-refractivity contribution in [1.29, 1.82) is 0 Å². The van der Waals surface area contributed by atoms with E-state index >= 15 is 0 Å². The average molecular weight is 1470 g/mol. The molecule has 0 saturated carbocycles. The van der Waals surface area contributed by atoms with Gasteiger partial charge in [0.2, 0.25) is 5.95 Å². The summed E-state index contributed by atoms with van der Waals surface area (Å²) in [6.45, 7) is 19.2. The number of carbonyl (C=O) groups excluding carboxylic acids is 3. The molecule has 0 aliphatic carbocycles. The van der Waals surface area contributed by atoms with Crippen molar-refractivity contribution in [2.45, 2.75) is 98.2 Å². The number of benzene rings is 5. The van der Waals surface area contributed by atoms with Crippen LogP contribution < -0.4 is 63.6 Å². The Morgan fingerprint density at radius 1 is 0.447 bits per heavy atom. The number of para-hydroxylation sites is 2. The van der Waals surface area contributed by atoms with E-state index < -0.39 is 35.2 Å². The molecule has 530 valence electrons. The van der Waals surface area contributed by atoms with Crippen LogP contribution in [0.2, 0.25) is 5.02 Å². The van der Waals surface area contributed by atoms with E-state index in [0.717, 1.165) is 96.5 Å². The maximum Gasteiger partial charge on any atom is 0.338 e. The summed E-state index contributed by atoms with van der Waals surface area (Å²) in [7, 11) is 0. The highest BCUT2D eigenvalue weighted by Gasteiger charge is 2.26. The molecule has 10 N–H and O–H groups in total. The van der Waals surface area contributed by atoms with Gasteiger partial charge in [0.25, 0.3) is 0 Å². The van der Waals surface area contributed by atoms with Gasteiger partial charge < -0.3 is 10.3 Å². The number of nitrogens with zero attached hydrogens (tertiary/aromatic N) is 12. The molecule has 0 aliphatic heterocycles. The van der Waals surface area contributed by atoms with E-state index in [9.17, 15) is 43.2 Å². The summed E-state index contributed by atoms with van der Waals surface area (Å²) >= 11 is 8.42. The number of rotatable bonds is 15. The SMILES string of the molecule is CC(C)(C)c1cc(NC(=O)Nc2ccc(Cl)cc2)n(-c2ccc(Cn3sc(=O)[nH]c3=O)cc2)n1.CC(C)(C)c1cc(NC(=O)Nc2ccncn2)n(-c2ccc(Cn3sc(=O)[nH]c3=O)cc2)n1.CC(C)(C)c1cc(NC(=O)Nc2nc3ccccc3[nH]2)n(-c2ccc(Cn3sc(=O)[nH]c3=O)cc2)n1. The fourth-order valence-electron chi connectivity index (χ4n) is 9.79. The zero-order valence-electron chi connectivity index (χ0n) is 56.8. The zero-order chi connectivity index (χ0) is 73.5. The molecule has 13 aromatic rings. The lowest BCUT2D eigenvalue weighted by atomic mass is 9.92. The molecule has 35 heteroatoms. The Bertz CT molecular complexity index is 5520. The number of urea groups is 3. The minimum Gasteiger partial charge on any atom is -0.324 e. The summed E-state index contributed by atoms with van der Waals surface area (Å²) in [5.74, 6) is 2.18. The van der Waals surface area contributed by atoms with Gasteiger partial charge >= 0.3 is 49.8 Å². The number of amides is 6. The summed E-state index contributed by atoms with van der Waals surface area (Å²) in [5, 5.41) is 31.4. The second-order valence-electron chi connectivity index (χ2n) is 26.2. The van der Waals surface area contributed by atoms with Gasteiger partial charge in [-0.3, -0.25) is 55.9 Å². The van der Waals surface area contributed by atoms with E-state index in [-0.39, 0.29) is 50.5 Å². The Morgan fingerprint density at radius 2 is 0.825 bits per heavy atom. The molecule has 0 saturated heterocycles. The summed E-state index contributed by atoms with van der Waals surface area (Å²) in [6.07, 6.45) is 2.88. The molecule has 0 spiro atoms. The van der Waals surface area contributed by atoms with Gasteiger partial charge in [-0.1, -0.05) is 122 Å². The molecule has 0 aliphatic rings. The van der Waals surface area contributed by atoms with Crippen LogP contribution in [0.15, 0.2) is 187 Å². The minimum atomic E-state index is -0.464. The maximum absolute atomic E-state index is 12.8. The van der Waals surface area contributed by atoms with Crippen molar-refractivity contribution in [2.75, 3.05) is 31.9 Å². The van der Waals surface area contributed by atoms with Crippen LogP contribution in [0.4, 0.5) is 49.3 Å². The van der Waals surface area contributed by atoms with Crippen LogP contribution in [0.25, 0.3) is 28.1 Å². The Labute approximate surface area is 601 Å². The first-order chi connectivity index (χ1) is 48.9. The van der Waals surface area contributed by atoms with Crippen LogP contribution in [0.3, 0.4) is 0 Å². The van der Waals surface area contributed by atoms with Crippen molar-refractivity contribution in [3.8, 4) is 17.1 Å². The molecule has 5 aromatic carbocycles. The predicted molar refractivity (Wildman–Crippen MR) is 399 cm³/mol. The molecule has 0 fully saturated rings. The van der Waals surface area contributed by atoms with Crippen molar-refractivity contribution in [1.82, 2.24) is 76.1 Å². The van der Waals surface area contributed by atoms with Gasteiger partial charge in [-0.05, 0) is 95.6 Å². The van der Waals surface area contributed by atoms with Crippen molar-refractivity contribution in [3.05, 3.63) is 257 Å². The number of halogens is 1. The number of aromatic nitrogens is 16. The van der Waals surface area contributed by atoms with Crippen LogP contribution in [-0.2, 0) is 35.9 Å². The monoisotopic (exact) mass is 1470 g/mol. The fourth-order valence-corrected chi connectivity index (χ4v) is 11.9. The topological polar surface area (TPSA) is 396 Å². The van der Waals surface area contributed by atoms with E-state index in [0.29, 0.717) is 39.9 Å². The Morgan fingerprint density at radius 3 is 1.17 bits per heavy atom. The number of H-pyrrole nitrogens is 4. The van der Waals surface area contributed by atoms with E-state index in [2.05, 4.69) is 66.8 Å². The number of nitrogens with one attached hydrogen (secondary N) is 10. The normalized spacial score (nSPS) is 11.5. The number of fused-ring (bicyclic) bond motifs is 1. The molecule has 31 nitrogen and oxygen atoms in total. The van der Waals surface area contributed by atoms with Crippen molar-refractivity contribution >= 4 is 110 Å². The molecule has 0 atom stereocenters. The van der Waals surface area contributed by atoms with Crippen LogP contribution in [0.1, 0.15) is 96.1 Å². The lowest BCUT2D eigenvalue weighted by molar-refractivity contribution is 0.261. The van der Waals surface area contributed by atoms with Crippen LogP contribution in [0, 0.1) is 0 Å². The zero-order valence-corrected chi connectivity index (χ0v) is 60.0.